The van der Waals surface area contributed by atoms with Crippen LogP contribution in [0.4, 0.5) is 0 Å². The van der Waals surface area contributed by atoms with Crippen molar-refractivity contribution in [3.05, 3.63) is 0 Å². The van der Waals surface area contributed by atoms with Gasteiger partial charge in [0, 0.05) is 12.8 Å². The molecule has 100 valence electrons. The maximum atomic E-state index is 12.1. The molecule has 3 heteroatoms. The average Bonchev–Trinajstić information content (AvgIpc) is 2.21. The van der Waals surface area contributed by atoms with Crippen LogP contribution in [0.2, 0.25) is 13.1 Å². The molecule has 0 aliphatic heterocycles. The maximum absolute atomic E-state index is 12.1. The lowest BCUT2D eigenvalue weighted by Gasteiger charge is -2.20. The van der Waals surface area contributed by atoms with E-state index in [2.05, 4.69) is 27.7 Å². The van der Waals surface area contributed by atoms with Crippen LogP contribution in [0.3, 0.4) is 0 Å². The summed E-state index contributed by atoms with van der Waals surface area (Å²) in [7, 11) is -2.32. The Morgan fingerprint density at radius 2 is 1.12 bits per heavy atom. The van der Waals surface area contributed by atoms with Gasteiger partial charge in [0.25, 0.3) is 0 Å². The highest BCUT2D eigenvalue weighted by Crippen LogP contribution is 2.16. The number of carbonyl (C=O) groups is 2. The fourth-order valence-corrected chi connectivity index (χ4v) is 3.47. The van der Waals surface area contributed by atoms with Crippen molar-refractivity contribution in [2.75, 3.05) is 0 Å². The maximum Gasteiger partial charge on any atom is 0.202 e. The zero-order chi connectivity index (χ0) is 13.6. The van der Waals surface area contributed by atoms with Gasteiger partial charge < -0.3 is 9.59 Å². The van der Waals surface area contributed by atoms with Crippen molar-refractivity contribution in [3.63, 3.8) is 0 Å². The van der Waals surface area contributed by atoms with Gasteiger partial charge in [0.2, 0.25) is 8.07 Å². The highest BCUT2D eigenvalue weighted by Gasteiger charge is 2.37. The lowest BCUT2D eigenvalue weighted by atomic mass is 10.1. The molecule has 0 atom stereocenters. The van der Waals surface area contributed by atoms with Gasteiger partial charge in [0.15, 0.2) is 0 Å². The van der Waals surface area contributed by atoms with Crippen LogP contribution < -0.4 is 0 Å². The van der Waals surface area contributed by atoms with Crippen LogP contribution in [0.15, 0.2) is 0 Å². The molecule has 0 aromatic heterocycles. The minimum absolute atomic E-state index is 0.236. The Kier molecular flexibility index (Phi) is 6.91. The molecule has 0 spiro atoms. The van der Waals surface area contributed by atoms with Crippen LogP contribution in [0.1, 0.15) is 53.4 Å². The van der Waals surface area contributed by atoms with E-state index in [0.29, 0.717) is 24.7 Å². The van der Waals surface area contributed by atoms with E-state index < -0.39 is 8.07 Å². The fourth-order valence-electron chi connectivity index (χ4n) is 1.62. The van der Waals surface area contributed by atoms with Gasteiger partial charge in [-0.1, -0.05) is 40.8 Å². The van der Waals surface area contributed by atoms with Crippen LogP contribution in [0, 0.1) is 11.8 Å². The normalized spacial score (nSPS) is 12.2. The first-order valence-corrected chi connectivity index (χ1v) is 9.74. The van der Waals surface area contributed by atoms with Gasteiger partial charge in [-0.3, -0.25) is 0 Å². The summed E-state index contributed by atoms with van der Waals surface area (Å²) in [6.45, 7) is 12.3. The molecule has 0 aliphatic carbocycles. The molecule has 0 amide bonds. The zero-order valence-corrected chi connectivity index (χ0v) is 13.3. The highest BCUT2D eigenvalue weighted by atomic mass is 28.3. The minimum atomic E-state index is -2.32. The number of hydrogen-bond donors (Lipinski definition) is 0. The number of rotatable bonds is 8. The van der Waals surface area contributed by atoms with E-state index in [0.717, 1.165) is 12.8 Å². The van der Waals surface area contributed by atoms with Crippen LogP contribution in [-0.2, 0) is 9.59 Å². The average molecular weight is 256 g/mol. The van der Waals surface area contributed by atoms with E-state index in [-0.39, 0.29) is 10.8 Å². The Morgan fingerprint density at radius 3 is 1.35 bits per heavy atom. The summed E-state index contributed by atoms with van der Waals surface area (Å²) in [4.78, 5) is 24.2. The van der Waals surface area contributed by atoms with Crippen LogP contribution >= 0.6 is 0 Å². The van der Waals surface area contributed by atoms with E-state index in [9.17, 15) is 9.59 Å². The first kappa shape index (κ1) is 16.6. The van der Waals surface area contributed by atoms with Gasteiger partial charge in [-0.05, 0) is 24.7 Å². The lowest BCUT2D eigenvalue weighted by molar-refractivity contribution is -0.116. The molecular formula is C14H28O2Si. The molecule has 2 nitrogen and oxygen atoms in total. The first-order valence-electron chi connectivity index (χ1n) is 6.74. The summed E-state index contributed by atoms with van der Waals surface area (Å²) >= 11 is 0. The van der Waals surface area contributed by atoms with Crippen molar-refractivity contribution < 1.29 is 9.59 Å². The molecule has 17 heavy (non-hydrogen) atoms. The van der Waals surface area contributed by atoms with Crippen LogP contribution in [0.5, 0.6) is 0 Å². The zero-order valence-electron chi connectivity index (χ0n) is 12.3. The molecule has 0 saturated heterocycles. The summed E-state index contributed by atoms with van der Waals surface area (Å²) in [6.07, 6.45) is 2.99. The van der Waals surface area contributed by atoms with Gasteiger partial charge in [-0.25, -0.2) is 0 Å². The number of carbonyl (C=O) groups excluding carboxylic acids is 2. The molecule has 0 radical (unpaired) electrons. The molecule has 0 rings (SSSR count). The Hall–Kier alpha value is -0.443. The largest absolute Gasteiger partial charge is 0.305 e. The summed E-state index contributed by atoms with van der Waals surface area (Å²) in [6, 6.07) is 0. The van der Waals surface area contributed by atoms with E-state index >= 15 is 0 Å². The Morgan fingerprint density at radius 1 is 0.824 bits per heavy atom. The minimum Gasteiger partial charge on any atom is -0.305 e. The second kappa shape index (κ2) is 7.09. The van der Waals surface area contributed by atoms with Gasteiger partial charge >= 0.3 is 0 Å². The van der Waals surface area contributed by atoms with E-state index in [1.807, 2.05) is 13.1 Å². The third-order valence-corrected chi connectivity index (χ3v) is 6.58. The van der Waals surface area contributed by atoms with Crippen molar-refractivity contribution in [3.8, 4) is 0 Å². The second-order valence-corrected chi connectivity index (χ2v) is 10.7. The van der Waals surface area contributed by atoms with Crippen LogP contribution in [-0.4, -0.2) is 18.9 Å². The summed E-state index contributed by atoms with van der Waals surface area (Å²) < 4.78 is 0. The topological polar surface area (TPSA) is 34.1 Å². The quantitative estimate of drug-likeness (QED) is 0.619. The van der Waals surface area contributed by atoms with Crippen LogP contribution in [0.25, 0.3) is 0 Å². The standard InChI is InChI=1S/C14H28O2Si/c1-11(2)7-9-13(15)17(5,6)14(16)10-8-12(3)4/h11-12H,7-10H2,1-6H3. The Bertz CT molecular complexity index is 241. The third kappa shape index (κ3) is 6.15. The summed E-state index contributed by atoms with van der Waals surface area (Å²) in [5, 5.41) is 0.472. The molecule has 0 aromatic carbocycles. The molecule has 0 N–H and O–H groups in total. The molecule has 0 saturated carbocycles. The van der Waals surface area contributed by atoms with Gasteiger partial charge in [-0.15, -0.1) is 0 Å². The Balaban J connectivity index is 4.33. The smallest absolute Gasteiger partial charge is 0.202 e. The fraction of sp³-hybridized carbons (Fsp3) is 0.857. The van der Waals surface area contributed by atoms with Gasteiger partial charge in [-0.2, -0.15) is 0 Å². The molecule has 0 fully saturated rings. The second-order valence-electron chi connectivity index (χ2n) is 6.34. The van der Waals surface area contributed by atoms with Crippen molar-refractivity contribution in [1.29, 1.82) is 0 Å². The molecule has 0 aromatic rings. The van der Waals surface area contributed by atoms with Crippen molar-refractivity contribution >= 4 is 18.9 Å². The van der Waals surface area contributed by atoms with E-state index in [4.69, 9.17) is 0 Å². The molecule has 0 aliphatic rings. The Labute approximate surface area is 107 Å². The predicted molar refractivity (Wildman–Crippen MR) is 75.6 cm³/mol. The molecule has 0 bridgehead atoms. The van der Waals surface area contributed by atoms with Crippen molar-refractivity contribution in [2.24, 2.45) is 11.8 Å². The summed E-state index contributed by atoms with van der Waals surface area (Å²) in [5.74, 6) is 1.07. The lowest BCUT2D eigenvalue weighted by Crippen LogP contribution is -2.46. The predicted octanol–water partition coefficient (Wildman–Crippen LogP) is 3.78. The van der Waals surface area contributed by atoms with Crippen molar-refractivity contribution in [1.82, 2.24) is 0 Å². The first-order chi connectivity index (χ1) is 7.67. The third-order valence-electron chi connectivity index (χ3n) is 3.29. The molecule has 0 heterocycles. The van der Waals surface area contributed by atoms with Gasteiger partial charge in [0.05, 0.1) is 0 Å². The molecule has 0 unspecified atom stereocenters. The van der Waals surface area contributed by atoms with Crippen molar-refractivity contribution in [2.45, 2.75) is 66.5 Å². The monoisotopic (exact) mass is 256 g/mol. The summed E-state index contributed by atoms with van der Waals surface area (Å²) in [5.41, 5.74) is 0. The molecular weight excluding hydrogens is 228 g/mol. The highest BCUT2D eigenvalue weighted by molar-refractivity contribution is 7.23. The number of hydrogen-bond acceptors (Lipinski definition) is 2. The SMILES string of the molecule is CC(C)CCC(=O)[Si](C)(C)C(=O)CCC(C)C. The van der Waals surface area contributed by atoms with Gasteiger partial charge in [0.1, 0.15) is 10.8 Å². The van der Waals surface area contributed by atoms with E-state index in [1.54, 1.807) is 0 Å². The van der Waals surface area contributed by atoms with E-state index in [1.165, 1.54) is 0 Å².